The van der Waals surface area contributed by atoms with E-state index in [9.17, 15) is 13.0 Å². The maximum atomic E-state index is 11.4. The highest BCUT2D eigenvalue weighted by Crippen LogP contribution is 2.38. The first kappa shape index (κ1) is 20.9. The van der Waals surface area contributed by atoms with E-state index in [1.165, 1.54) is 17.5 Å². The average Bonchev–Trinajstić information content (AvgIpc) is 3.21. The highest BCUT2D eigenvalue weighted by molar-refractivity contribution is 7.85. The summed E-state index contributed by atoms with van der Waals surface area (Å²) in [5.74, 6) is 1.47. The van der Waals surface area contributed by atoms with Crippen LogP contribution in [0.4, 0.5) is 0 Å². The molecule has 2 N–H and O–H groups in total. The lowest BCUT2D eigenvalue weighted by Gasteiger charge is -2.39. The van der Waals surface area contributed by atoms with E-state index in [0.29, 0.717) is 5.92 Å². The van der Waals surface area contributed by atoms with Crippen molar-refractivity contribution in [3.05, 3.63) is 59.3 Å². The number of aromatic nitrogens is 1. The van der Waals surface area contributed by atoms with Crippen LogP contribution < -0.4 is 4.74 Å². The second-order valence-electron chi connectivity index (χ2n) is 8.30. The Kier molecular flexibility index (Phi) is 5.61. The first-order valence-corrected chi connectivity index (χ1v) is 11.7. The minimum absolute atomic E-state index is 0.0732. The van der Waals surface area contributed by atoms with Crippen LogP contribution in [0.5, 0.6) is 5.75 Å². The summed E-state index contributed by atoms with van der Waals surface area (Å²) in [6, 6.07) is 11.0. The molecule has 1 fully saturated rings. The molecular weight excluding hydrogens is 400 g/mol. The number of hydrogen-bond donors (Lipinski definition) is 2. The van der Waals surface area contributed by atoms with Gasteiger partial charge in [0.05, 0.1) is 12.0 Å². The van der Waals surface area contributed by atoms with Crippen LogP contribution in [-0.2, 0) is 16.7 Å². The van der Waals surface area contributed by atoms with Crippen LogP contribution in [0.15, 0.2) is 47.5 Å². The molecule has 6 nitrogen and oxygen atoms in total. The predicted molar refractivity (Wildman–Crippen MR) is 117 cm³/mol. The molecule has 1 saturated heterocycles. The molecule has 0 saturated carbocycles. The van der Waals surface area contributed by atoms with Crippen molar-refractivity contribution in [2.24, 2.45) is 5.92 Å². The summed E-state index contributed by atoms with van der Waals surface area (Å²) in [7, 11) is -2.48. The molecule has 0 spiro atoms. The van der Waals surface area contributed by atoms with Gasteiger partial charge in [0.15, 0.2) is 0 Å². The van der Waals surface area contributed by atoms with E-state index in [1.54, 1.807) is 7.11 Å². The van der Waals surface area contributed by atoms with Gasteiger partial charge in [-0.05, 0) is 67.6 Å². The van der Waals surface area contributed by atoms with Crippen molar-refractivity contribution in [3.8, 4) is 5.75 Å². The van der Waals surface area contributed by atoms with Gasteiger partial charge < -0.3 is 9.72 Å². The minimum Gasteiger partial charge on any atom is -0.496 e. The molecule has 3 aromatic rings. The van der Waals surface area contributed by atoms with Gasteiger partial charge in [-0.1, -0.05) is 19.1 Å². The van der Waals surface area contributed by atoms with Crippen LogP contribution in [0.2, 0.25) is 0 Å². The third-order valence-electron chi connectivity index (χ3n) is 6.23. The van der Waals surface area contributed by atoms with Crippen molar-refractivity contribution in [2.45, 2.75) is 44.2 Å². The van der Waals surface area contributed by atoms with Crippen LogP contribution in [0.25, 0.3) is 10.9 Å². The molecule has 1 aliphatic rings. The van der Waals surface area contributed by atoms with Gasteiger partial charge in [0, 0.05) is 35.2 Å². The van der Waals surface area contributed by atoms with Crippen molar-refractivity contribution in [3.63, 3.8) is 0 Å². The molecule has 1 aliphatic heterocycles. The number of aryl methyl sites for hydroxylation is 1. The molecule has 30 heavy (non-hydrogen) atoms. The molecule has 0 aliphatic carbocycles. The Balaban J connectivity index is 1.70. The van der Waals surface area contributed by atoms with E-state index >= 15 is 0 Å². The highest BCUT2D eigenvalue weighted by Gasteiger charge is 2.29. The zero-order valence-corrected chi connectivity index (χ0v) is 18.4. The predicted octanol–water partition coefficient (Wildman–Crippen LogP) is 4.70. The maximum Gasteiger partial charge on any atom is 0.294 e. The highest BCUT2D eigenvalue weighted by atomic mass is 32.2. The van der Waals surface area contributed by atoms with E-state index in [0.717, 1.165) is 53.9 Å². The number of benzene rings is 2. The van der Waals surface area contributed by atoms with Crippen molar-refractivity contribution in [2.75, 3.05) is 13.7 Å². The number of methoxy groups -OCH3 is 1. The van der Waals surface area contributed by atoms with Gasteiger partial charge in [0.25, 0.3) is 10.1 Å². The SMILES string of the molecule is COc1cc(C)c2[nH]ccc2c1CN1CC[C@@H](C)C[C@H]1c1ccc(S(=O)(=O)O)cc1. The third-order valence-corrected chi connectivity index (χ3v) is 7.10. The zero-order valence-electron chi connectivity index (χ0n) is 17.6. The van der Waals surface area contributed by atoms with Gasteiger partial charge in [0.2, 0.25) is 0 Å². The molecule has 0 amide bonds. The average molecular weight is 429 g/mol. The Morgan fingerprint density at radius 1 is 1.23 bits per heavy atom. The number of H-pyrrole nitrogens is 1. The molecule has 0 radical (unpaired) electrons. The first-order chi connectivity index (χ1) is 14.3. The van der Waals surface area contributed by atoms with E-state index in [4.69, 9.17) is 4.74 Å². The number of piperidine rings is 1. The molecule has 7 heteroatoms. The Labute approximate surface area is 177 Å². The van der Waals surface area contributed by atoms with Crippen molar-refractivity contribution in [1.82, 2.24) is 9.88 Å². The van der Waals surface area contributed by atoms with Crippen LogP contribution in [-0.4, -0.2) is 36.5 Å². The molecule has 1 aromatic heterocycles. The Morgan fingerprint density at radius 2 is 1.97 bits per heavy atom. The Hall–Kier alpha value is -2.35. The number of hydrogen-bond acceptors (Lipinski definition) is 4. The van der Waals surface area contributed by atoms with Crippen LogP contribution >= 0.6 is 0 Å². The van der Waals surface area contributed by atoms with Crippen LogP contribution in [0.3, 0.4) is 0 Å². The second-order valence-corrected chi connectivity index (χ2v) is 9.72. The van der Waals surface area contributed by atoms with Crippen molar-refractivity contribution >= 4 is 21.0 Å². The fraction of sp³-hybridized carbons (Fsp3) is 0.391. The summed E-state index contributed by atoms with van der Waals surface area (Å²) >= 11 is 0. The molecule has 2 aromatic carbocycles. The summed E-state index contributed by atoms with van der Waals surface area (Å²) in [6.45, 7) is 6.03. The molecule has 2 heterocycles. The summed E-state index contributed by atoms with van der Waals surface area (Å²) in [5.41, 5.74) is 4.50. The lowest BCUT2D eigenvalue weighted by atomic mass is 9.87. The second kappa shape index (κ2) is 8.06. The lowest BCUT2D eigenvalue weighted by molar-refractivity contribution is 0.110. The summed E-state index contributed by atoms with van der Waals surface area (Å²) in [4.78, 5) is 5.71. The lowest BCUT2D eigenvalue weighted by Crippen LogP contribution is -2.36. The van der Waals surface area contributed by atoms with Crippen LogP contribution in [0.1, 0.15) is 42.5 Å². The van der Waals surface area contributed by atoms with Gasteiger partial charge in [-0.2, -0.15) is 8.42 Å². The molecule has 0 bridgehead atoms. The number of fused-ring (bicyclic) bond motifs is 1. The molecular formula is C23H28N2O4S. The van der Waals surface area contributed by atoms with Crippen LogP contribution in [0, 0.1) is 12.8 Å². The van der Waals surface area contributed by atoms with Crippen molar-refractivity contribution < 1.29 is 17.7 Å². The topological polar surface area (TPSA) is 82.6 Å². The fourth-order valence-corrected chi connectivity index (χ4v) is 5.05. The number of rotatable bonds is 5. The zero-order chi connectivity index (χ0) is 21.5. The number of nitrogens with zero attached hydrogens (tertiary/aromatic N) is 1. The Bertz CT molecular complexity index is 1150. The van der Waals surface area contributed by atoms with E-state index < -0.39 is 10.1 Å². The smallest absolute Gasteiger partial charge is 0.294 e. The van der Waals surface area contributed by atoms with Gasteiger partial charge in [-0.15, -0.1) is 0 Å². The molecule has 160 valence electrons. The van der Waals surface area contributed by atoms with Gasteiger partial charge in [0.1, 0.15) is 5.75 Å². The number of aromatic amines is 1. The normalized spacial score (nSPS) is 20.5. The summed E-state index contributed by atoms with van der Waals surface area (Å²) in [5, 5.41) is 1.17. The third kappa shape index (κ3) is 3.97. The number of likely N-dealkylation sites (tertiary alicyclic amines) is 1. The molecule has 0 unspecified atom stereocenters. The summed E-state index contributed by atoms with van der Waals surface area (Å²) in [6.07, 6.45) is 4.07. The largest absolute Gasteiger partial charge is 0.496 e. The summed E-state index contributed by atoms with van der Waals surface area (Å²) < 4.78 is 37.8. The van der Waals surface area contributed by atoms with E-state index in [2.05, 4.69) is 35.9 Å². The number of ether oxygens (including phenoxy) is 1. The standard InChI is InChI=1S/C23H28N2O4S/c1-15-9-11-25(21(12-15)17-4-6-18(7-5-17)30(26,27)28)14-20-19-8-10-24-23(19)16(2)13-22(20)29-3/h4-8,10,13,15,21,24H,9,11-12,14H2,1-3H3,(H,26,27,28)/t15-,21+/m1/s1. The van der Waals surface area contributed by atoms with E-state index in [1.807, 2.05) is 18.3 Å². The monoisotopic (exact) mass is 428 g/mol. The quantitative estimate of drug-likeness (QED) is 0.576. The first-order valence-electron chi connectivity index (χ1n) is 10.2. The van der Waals surface area contributed by atoms with E-state index in [-0.39, 0.29) is 10.9 Å². The van der Waals surface area contributed by atoms with Crippen molar-refractivity contribution in [1.29, 1.82) is 0 Å². The van der Waals surface area contributed by atoms with Gasteiger partial charge >= 0.3 is 0 Å². The van der Waals surface area contributed by atoms with Gasteiger partial charge in [-0.3, -0.25) is 9.45 Å². The van der Waals surface area contributed by atoms with Gasteiger partial charge in [-0.25, -0.2) is 0 Å². The molecule has 2 atom stereocenters. The maximum absolute atomic E-state index is 11.4. The Morgan fingerprint density at radius 3 is 2.63 bits per heavy atom. The molecule has 4 rings (SSSR count). The minimum atomic E-state index is -4.19. The fourth-order valence-electron chi connectivity index (χ4n) is 4.57. The number of nitrogens with one attached hydrogen (secondary N) is 1.